The fourth-order valence-electron chi connectivity index (χ4n) is 2.23. The summed E-state index contributed by atoms with van der Waals surface area (Å²) in [5.41, 5.74) is 1.74. The van der Waals surface area contributed by atoms with Gasteiger partial charge < -0.3 is 10.2 Å². The summed E-state index contributed by atoms with van der Waals surface area (Å²) in [6, 6.07) is 6.34. The van der Waals surface area contributed by atoms with Crippen molar-refractivity contribution in [3.63, 3.8) is 0 Å². The van der Waals surface area contributed by atoms with Crippen LogP contribution in [-0.2, 0) is 11.0 Å². The van der Waals surface area contributed by atoms with Crippen LogP contribution in [0, 0.1) is 13.8 Å². The van der Waals surface area contributed by atoms with E-state index in [2.05, 4.69) is 10.3 Å². The minimum absolute atomic E-state index is 0.103. The number of carbonyl (C=O) groups is 1. The lowest BCUT2D eigenvalue weighted by Gasteiger charge is -2.20. The first-order valence-corrected chi connectivity index (χ1v) is 7.77. The molecule has 0 bridgehead atoms. The topological polar surface area (TPSA) is 45.2 Å². The second kappa shape index (κ2) is 7.31. The zero-order chi connectivity index (χ0) is 18.8. The summed E-state index contributed by atoms with van der Waals surface area (Å²) in [6.45, 7) is 3.72. The van der Waals surface area contributed by atoms with Crippen LogP contribution in [0.2, 0.25) is 5.02 Å². The Bertz CT molecular complexity index is 793. The summed E-state index contributed by atoms with van der Waals surface area (Å²) in [5, 5.41) is 2.61. The Kier molecular flexibility index (Phi) is 5.57. The van der Waals surface area contributed by atoms with E-state index in [1.807, 2.05) is 26.0 Å². The molecule has 0 aliphatic heterocycles. The molecule has 1 aromatic heterocycles. The minimum atomic E-state index is -4.52. The zero-order valence-corrected chi connectivity index (χ0v) is 14.7. The summed E-state index contributed by atoms with van der Waals surface area (Å²) in [4.78, 5) is 17.3. The third kappa shape index (κ3) is 4.63. The van der Waals surface area contributed by atoms with Gasteiger partial charge in [-0.1, -0.05) is 23.7 Å². The fourth-order valence-corrected chi connectivity index (χ4v) is 2.54. The molecule has 0 radical (unpaired) electrons. The zero-order valence-electron chi connectivity index (χ0n) is 13.9. The van der Waals surface area contributed by atoms with Crippen LogP contribution in [0.1, 0.15) is 16.7 Å². The number of hydrogen-bond donors (Lipinski definition) is 1. The minimum Gasteiger partial charge on any atom is -0.349 e. The molecule has 2 aromatic rings. The fraction of sp³-hybridized carbons (Fsp3) is 0.294. The summed E-state index contributed by atoms with van der Waals surface area (Å²) < 4.78 is 37.9. The van der Waals surface area contributed by atoms with Gasteiger partial charge in [0.1, 0.15) is 5.82 Å². The molecule has 0 saturated heterocycles. The number of likely N-dealkylation sites (N-methyl/N-ethyl adjacent to an activating group) is 1. The monoisotopic (exact) mass is 371 g/mol. The van der Waals surface area contributed by atoms with Gasteiger partial charge >= 0.3 is 6.18 Å². The number of nitrogens with zero attached hydrogens (tertiary/aromatic N) is 2. The lowest BCUT2D eigenvalue weighted by Crippen LogP contribution is -2.31. The first-order chi connectivity index (χ1) is 11.6. The van der Waals surface area contributed by atoms with E-state index in [9.17, 15) is 18.0 Å². The van der Waals surface area contributed by atoms with Gasteiger partial charge in [0, 0.05) is 18.9 Å². The van der Waals surface area contributed by atoms with Gasteiger partial charge in [-0.05, 0) is 37.1 Å². The highest BCUT2D eigenvalue weighted by Gasteiger charge is 2.32. The number of amides is 1. The first kappa shape index (κ1) is 19.1. The van der Waals surface area contributed by atoms with Gasteiger partial charge in [0.05, 0.1) is 17.1 Å². The maximum Gasteiger partial charge on any atom is 0.417 e. The van der Waals surface area contributed by atoms with E-state index in [0.717, 1.165) is 17.2 Å². The summed E-state index contributed by atoms with van der Waals surface area (Å²) in [5.74, 6) is -0.222. The predicted octanol–water partition coefficient (Wildman–Crippen LogP) is 4.45. The summed E-state index contributed by atoms with van der Waals surface area (Å²) in [7, 11) is 1.53. The molecule has 0 unspecified atom stereocenters. The van der Waals surface area contributed by atoms with Crippen molar-refractivity contribution in [1.29, 1.82) is 0 Å². The van der Waals surface area contributed by atoms with Gasteiger partial charge in [-0.15, -0.1) is 0 Å². The highest BCUT2D eigenvalue weighted by molar-refractivity contribution is 6.33. The lowest BCUT2D eigenvalue weighted by molar-refractivity contribution is -0.137. The van der Waals surface area contributed by atoms with Crippen molar-refractivity contribution in [1.82, 2.24) is 4.98 Å². The van der Waals surface area contributed by atoms with Crippen molar-refractivity contribution >= 4 is 29.0 Å². The Morgan fingerprint density at radius 1 is 1.32 bits per heavy atom. The van der Waals surface area contributed by atoms with Gasteiger partial charge in [-0.2, -0.15) is 13.2 Å². The van der Waals surface area contributed by atoms with Crippen LogP contribution < -0.4 is 10.2 Å². The molecule has 0 aliphatic rings. The molecular weight excluding hydrogens is 355 g/mol. The molecule has 4 nitrogen and oxygen atoms in total. The van der Waals surface area contributed by atoms with E-state index >= 15 is 0 Å². The predicted molar refractivity (Wildman–Crippen MR) is 92.1 cm³/mol. The van der Waals surface area contributed by atoms with Gasteiger partial charge in [-0.3, -0.25) is 4.79 Å². The number of halogens is 4. The number of anilines is 2. The Balaban J connectivity index is 2.10. The van der Waals surface area contributed by atoms with Crippen LogP contribution in [0.15, 0.2) is 30.5 Å². The molecule has 1 amide bonds. The third-order valence-electron chi connectivity index (χ3n) is 3.77. The highest BCUT2D eigenvalue weighted by atomic mass is 35.5. The van der Waals surface area contributed by atoms with E-state index in [1.54, 1.807) is 6.07 Å². The number of pyridine rings is 1. The van der Waals surface area contributed by atoms with Crippen molar-refractivity contribution in [2.24, 2.45) is 0 Å². The molecule has 2 rings (SSSR count). The Labute approximate surface area is 148 Å². The van der Waals surface area contributed by atoms with E-state index in [4.69, 9.17) is 11.6 Å². The first-order valence-electron chi connectivity index (χ1n) is 7.39. The largest absolute Gasteiger partial charge is 0.417 e. The third-order valence-corrected chi connectivity index (χ3v) is 4.05. The standard InChI is InChI=1S/C17H17ClF3N3O/c1-10-5-4-6-14(11(10)2)23-15(25)9-24(3)16-13(18)7-12(8-22-16)17(19,20)21/h4-8H,9H2,1-3H3,(H,23,25). The normalized spacial score (nSPS) is 11.3. The van der Waals surface area contributed by atoms with Crippen molar-refractivity contribution < 1.29 is 18.0 Å². The summed E-state index contributed by atoms with van der Waals surface area (Å²) >= 11 is 5.88. The van der Waals surface area contributed by atoms with Gasteiger partial charge in [0.25, 0.3) is 0 Å². The highest BCUT2D eigenvalue weighted by Crippen LogP contribution is 2.33. The number of benzene rings is 1. The molecule has 0 fully saturated rings. The number of hydrogen-bond acceptors (Lipinski definition) is 3. The maximum absolute atomic E-state index is 12.6. The van der Waals surface area contributed by atoms with Crippen LogP contribution in [0.5, 0.6) is 0 Å². The van der Waals surface area contributed by atoms with Crippen molar-refractivity contribution in [2.75, 3.05) is 23.8 Å². The second-order valence-corrected chi connectivity index (χ2v) is 6.09. The van der Waals surface area contributed by atoms with Crippen molar-refractivity contribution in [3.05, 3.63) is 52.2 Å². The SMILES string of the molecule is Cc1cccc(NC(=O)CN(C)c2ncc(C(F)(F)F)cc2Cl)c1C. The van der Waals surface area contributed by atoms with E-state index in [-0.39, 0.29) is 23.3 Å². The quantitative estimate of drug-likeness (QED) is 0.863. The van der Waals surface area contributed by atoms with Crippen LogP contribution >= 0.6 is 11.6 Å². The lowest BCUT2D eigenvalue weighted by atomic mass is 10.1. The van der Waals surface area contributed by atoms with Crippen molar-refractivity contribution in [3.8, 4) is 0 Å². The van der Waals surface area contributed by atoms with Crippen LogP contribution in [0.25, 0.3) is 0 Å². The summed E-state index contributed by atoms with van der Waals surface area (Å²) in [6.07, 6.45) is -3.83. The van der Waals surface area contributed by atoms with Crippen molar-refractivity contribution in [2.45, 2.75) is 20.0 Å². The number of carbonyl (C=O) groups excluding carboxylic acids is 1. The number of nitrogens with one attached hydrogen (secondary N) is 1. The number of aryl methyl sites for hydroxylation is 1. The Morgan fingerprint density at radius 2 is 2.00 bits per heavy atom. The molecule has 0 aliphatic carbocycles. The number of aromatic nitrogens is 1. The van der Waals surface area contributed by atoms with E-state index < -0.39 is 11.7 Å². The smallest absolute Gasteiger partial charge is 0.349 e. The van der Waals surface area contributed by atoms with Gasteiger partial charge in [0.15, 0.2) is 0 Å². The molecular formula is C17H17ClF3N3O. The van der Waals surface area contributed by atoms with E-state index in [1.165, 1.54) is 11.9 Å². The molecule has 0 saturated carbocycles. The molecule has 0 atom stereocenters. The van der Waals surface area contributed by atoms with Crippen LogP contribution in [0.3, 0.4) is 0 Å². The molecule has 0 spiro atoms. The number of rotatable bonds is 4. The second-order valence-electron chi connectivity index (χ2n) is 5.68. The molecule has 134 valence electrons. The van der Waals surface area contributed by atoms with Gasteiger partial charge in [0.2, 0.25) is 5.91 Å². The molecule has 1 N–H and O–H groups in total. The molecule has 8 heteroatoms. The average molecular weight is 372 g/mol. The molecule has 1 aromatic carbocycles. The molecule has 1 heterocycles. The Hall–Kier alpha value is -2.28. The number of alkyl halides is 3. The Morgan fingerprint density at radius 3 is 2.60 bits per heavy atom. The molecule has 25 heavy (non-hydrogen) atoms. The maximum atomic E-state index is 12.6. The van der Waals surface area contributed by atoms with Crippen LogP contribution in [0.4, 0.5) is 24.7 Å². The van der Waals surface area contributed by atoms with Gasteiger partial charge in [-0.25, -0.2) is 4.98 Å². The average Bonchev–Trinajstić information content (AvgIpc) is 2.50. The van der Waals surface area contributed by atoms with Crippen LogP contribution in [-0.4, -0.2) is 24.5 Å². The van der Waals surface area contributed by atoms with E-state index in [0.29, 0.717) is 11.9 Å².